The fourth-order valence-corrected chi connectivity index (χ4v) is 3.20. The van der Waals surface area contributed by atoms with Crippen molar-refractivity contribution in [2.45, 2.75) is 44.9 Å². The Morgan fingerprint density at radius 3 is 2.62 bits per heavy atom. The van der Waals surface area contributed by atoms with Crippen molar-refractivity contribution in [1.29, 1.82) is 0 Å². The van der Waals surface area contributed by atoms with E-state index < -0.39 is 5.97 Å². The molecule has 2 aliphatic rings. The Labute approximate surface area is 123 Å². The number of amides is 1. The summed E-state index contributed by atoms with van der Waals surface area (Å²) >= 11 is 0. The Morgan fingerprint density at radius 1 is 1.19 bits per heavy atom. The third-order valence-corrected chi connectivity index (χ3v) is 4.30. The number of benzene rings is 1. The van der Waals surface area contributed by atoms with Crippen LogP contribution in [0, 0.1) is 0 Å². The van der Waals surface area contributed by atoms with Crippen LogP contribution < -0.4 is 0 Å². The van der Waals surface area contributed by atoms with E-state index in [1.807, 2.05) is 12.1 Å². The standard InChI is InChI=1S/C16H19NO4/c18-15(19)8-17(14-3-1-2-4-14)16(20)11-5-6-12-9-21-10-13(12)7-11/h5-7,14H,1-4,8-10H2,(H,18,19). The van der Waals surface area contributed by atoms with E-state index in [2.05, 4.69) is 0 Å². The van der Waals surface area contributed by atoms with Gasteiger partial charge in [0.2, 0.25) is 0 Å². The molecule has 1 fully saturated rings. The number of ether oxygens (including phenoxy) is 1. The van der Waals surface area contributed by atoms with Crippen molar-refractivity contribution in [3.05, 3.63) is 34.9 Å². The highest BCUT2D eigenvalue weighted by atomic mass is 16.5. The first-order chi connectivity index (χ1) is 10.1. The molecule has 21 heavy (non-hydrogen) atoms. The summed E-state index contributed by atoms with van der Waals surface area (Å²) in [6.45, 7) is 0.890. The Kier molecular flexibility index (Phi) is 3.92. The molecule has 0 unspecified atom stereocenters. The first-order valence-corrected chi connectivity index (χ1v) is 7.37. The van der Waals surface area contributed by atoms with Crippen molar-refractivity contribution in [2.24, 2.45) is 0 Å². The van der Waals surface area contributed by atoms with E-state index in [0.29, 0.717) is 18.8 Å². The summed E-state index contributed by atoms with van der Waals surface area (Å²) in [5.41, 5.74) is 2.70. The molecule has 5 nitrogen and oxygen atoms in total. The van der Waals surface area contributed by atoms with Crippen LogP contribution in [0.5, 0.6) is 0 Å². The van der Waals surface area contributed by atoms with Crippen LogP contribution in [0.4, 0.5) is 0 Å². The van der Waals surface area contributed by atoms with Gasteiger partial charge in [0, 0.05) is 11.6 Å². The lowest BCUT2D eigenvalue weighted by molar-refractivity contribution is -0.138. The second-order valence-corrected chi connectivity index (χ2v) is 5.74. The summed E-state index contributed by atoms with van der Waals surface area (Å²) in [6.07, 6.45) is 3.92. The van der Waals surface area contributed by atoms with Crippen LogP contribution in [-0.4, -0.2) is 34.5 Å². The van der Waals surface area contributed by atoms with E-state index in [0.717, 1.165) is 36.8 Å². The maximum atomic E-state index is 12.7. The first-order valence-electron chi connectivity index (χ1n) is 7.37. The van der Waals surface area contributed by atoms with E-state index in [1.165, 1.54) is 4.90 Å². The zero-order chi connectivity index (χ0) is 14.8. The molecule has 0 radical (unpaired) electrons. The molecule has 112 valence electrons. The van der Waals surface area contributed by atoms with Gasteiger partial charge in [-0.15, -0.1) is 0 Å². The average molecular weight is 289 g/mol. The van der Waals surface area contributed by atoms with Gasteiger partial charge in [-0.2, -0.15) is 0 Å². The first kappa shape index (κ1) is 14.1. The van der Waals surface area contributed by atoms with Crippen molar-refractivity contribution in [2.75, 3.05) is 6.54 Å². The number of fused-ring (bicyclic) bond motifs is 1. The van der Waals surface area contributed by atoms with Crippen LogP contribution in [0.25, 0.3) is 0 Å². The van der Waals surface area contributed by atoms with Crippen LogP contribution in [0.15, 0.2) is 18.2 Å². The summed E-state index contributed by atoms with van der Waals surface area (Å²) in [5, 5.41) is 9.08. The molecule has 1 saturated carbocycles. The van der Waals surface area contributed by atoms with E-state index in [1.54, 1.807) is 6.07 Å². The lowest BCUT2D eigenvalue weighted by Gasteiger charge is -2.27. The Hall–Kier alpha value is -1.88. The number of nitrogens with zero attached hydrogens (tertiary/aromatic N) is 1. The third kappa shape index (κ3) is 2.93. The van der Waals surface area contributed by atoms with Crippen LogP contribution >= 0.6 is 0 Å². The molecule has 1 heterocycles. The number of rotatable bonds is 4. The van der Waals surface area contributed by atoms with E-state index in [9.17, 15) is 9.59 Å². The van der Waals surface area contributed by atoms with Crippen LogP contribution in [0.1, 0.15) is 47.2 Å². The molecular formula is C16H19NO4. The predicted molar refractivity (Wildman–Crippen MR) is 75.9 cm³/mol. The molecule has 1 amide bonds. The van der Waals surface area contributed by atoms with Crippen LogP contribution in [-0.2, 0) is 22.7 Å². The van der Waals surface area contributed by atoms with E-state index in [4.69, 9.17) is 9.84 Å². The minimum Gasteiger partial charge on any atom is -0.480 e. The molecule has 1 N–H and O–H groups in total. The number of carbonyl (C=O) groups is 2. The van der Waals surface area contributed by atoms with Gasteiger partial charge in [0.05, 0.1) is 13.2 Å². The summed E-state index contributed by atoms with van der Waals surface area (Å²) < 4.78 is 5.36. The van der Waals surface area contributed by atoms with Gasteiger partial charge in [0.1, 0.15) is 6.54 Å². The molecule has 1 aliphatic carbocycles. The molecule has 0 saturated heterocycles. The maximum Gasteiger partial charge on any atom is 0.323 e. The summed E-state index contributed by atoms with van der Waals surface area (Å²) in [6, 6.07) is 5.58. The molecule has 1 aromatic carbocycles. The van der Waals surface area contributed by atoms with Gasteiger partial charge >= 0.3 is 5.97 Å². The second kappa shape index (κ2) is 5.85. The molecule has 0 spiro atoms. The third-order valence-electron chi connectivity index (χ3n) is 4.30. The van der Waals surface area contributed by atoms with Gasteiger partial charge in [0.15, 0.2) is 0 Å². The average Bonchev–Trinajstić information content (AvgIpc) is 3.13. The van der Waals surface area contributed by atoms with E-state index in [-0.39, 0.29) is 18.5 Å². The fourth-order valence-electron chi connectivity index (χ4n) is 3.20. The Bertz CT molecular complexity index is 563. The Morgan fingerprint density at radius 2 is 1.90 bits per heavy atom. The normalized spacial score (nSPS) is 17.7. The lowest BCUT2D eigenvalue weighted by atomic mass is 10.0. The summed E-state index contributed by atoms with van der Waals surface area (Å²) in [4.78, 5) is 25.3. The topological polar surface area (TPSA) is 66.8 Å². The highest BCUT2D eigenvalue weighted by molar-refractivity contribution is 5.96. The van der Waals surface area contributed by atoms with Gasteiger partial charge in [-0.3, -0.25) is 9.59 Å². The molecule has 0 aromatic heterocycles. The number of carboxylic acids is 1. The zero-order valence-electron chi connectivity index (χ0n) is 11.9. The SMILES string of the molecule is O=C(O)CN(C(=O)c1ccc2c(c1)COC2)C1CCCC1. The van der Waals surface area contributed by atoms with Gasteiger partial charge in [-0.1, -0.05) is 18.9 Å². The zero-order valence-corrected chi connectivity index (χ0v) is 11.9. The molecule has 0 bridgehead atoms. The molecular weight excluding hydrogens is 270 g/mol. The fraction of sp³-hybridized carbons (Fsp3) is 0.500. The lowest BCUT2D eigenvalue weighted by Crippen LogP contribution is -2.42. The number of hydrogen-bond acceptors (Lipinski definition) is 3. The van der Waals surface area contributed by atoms with Crippen LogP contribution in [0.3, 0.4) is 0 Å². The summed E-state index contributed by atoms with van der Waals surface area (Å²) in [7, 11) is 0. The number of carboxylic acid groups (broad SMARTS) is 1. The number of hydrogen-bond donors (Lipinski definition) is 1. The second-order valence-electron chi connectivity index (χ2n) is 5.74. The van der Waals surface area contributed by atoms with Crippen LogP contribution in [0.2, 0.25) is 0 Å². The summed E-state index contributed by atoms with van der Waals surface area (Å²) in [5.74, 6) is -1.14. The molecule has 1 aromatic rings. The van der Waals surface area contributed by atoms with Gasteiger partial charge in [0.25, 0.3) is 5.91 Å². The minimum absolute atomic E-state index is 0.0538. The quantitative estimate of drug-likeness (QED) is 0.922. The molecule has 5 heteroatoms. The molecule has 0 atom stereocenters. The van der Waals surface area contributed by atoms with Crippen molar-refractivity contribution in [3.63, 3.8) is 0 Å². The molecule has 1 aliphatic heterocycles. The maximum absolute atomic E-state index is 12.7. The number of aliphatic carboxylic acids is 1. The molecule has 3 rings (SSSR count). The van der Waals surface area contributed by atoms with Gasteiger partial charge in [-0.25, -0.2) is 0 Å². The number of carbonyl (C=O) groups excluding carboxylic acids is 1. The van der Waals surface area contributed by atoms with Crippen molar-refractivity contribution in [1.82, 2.24) is 4.90 Å². The highest BCUT2D eigenvalue weighted by Gasteiger charge is 2.29. The van der Waals surface area contributed by atoms with Crippen molar-refractivity contribution in [3.8, 4) is 0 Å². The largest absolute Gasteiger partial charge is 0.480 e. The van der Waals surface area contributed by atoms with Crippen molar-refractivity contribution >= 4 is 11.9 Å². The predicted octanol–water partition coefficient (Wildman–Crippen LogP) is 2.19. The van der Waals surface area contributed by atoms with Gasteiger partial charge in [-0.05, 0) is 36.1 Å². The van der Waals surface area contributed by atoms with Gasteiger partial charge < -0.3 is 14.7 Å². The van der Waals surface area contributed by atoms with Crippen molar-refractivity contribution < 1.29 is 19.4 Å². The minimum atomic E-state index is -0.959. The highest BCUT2D eigenvalue weighted by Crippen LogP contribution is 2.26. The monoisotopic (exact) mass is 289 g/mol. The smallest absolute Gasteiger partial charge is 0.323 e. The van der Waals surface area contributed by atoms with E-state index >= 15 is 0 Å². The Balaban J connectivity index is 1.84.